The van der Waals surface area contributed by atoms with Crippen molar-refractivity contribution in [3.63, 3.8) is 0 Å². The summed E-state index contributed by atoms with van der Waals surface area (Å²) >= 11 is 6.64. The van der Waals surface area contributed by atoms with Gasteiger partial charge in [-0.3, -0.25) is 4.79 Å². The summed E-state index contributed by atoms with van der Waals surface area (Å²) in [5, 5.41) is 12.5. The molecule has 10 heteroatoms. The zero-order chi connectivity index (χ0) is 21.0. The number of thioether (sulfide) groups is 1. The summed E-state index contributed by atoms with van der Waals surface area (Å²) in [5.41, 5.74) is 0.728. The lowest BCUT2D eigenvalue weighted by molar-refractivity contribution is -0.144. The third-order valence-corrected chi connectivity index (χ3v) is 5.54. The Bertz CT molecular complexity index is 838. The predicted octanol–water partition coefficient (Wildman–Crippen LogP) is 2.39. The molecule has 1 atom stereocenters. The smallest absolute Gasteiger partial charge is 0.344 e. The van der Waals surface area contributed by atoms with Gasteiger partial charge >= 0.3 is 5.97 Å². The summed E-state index contributed by atoms with van der Waals surface area (Å²) in [7, 11) is 0. The maximum absolute atomic E-state index is 12.9. The maximum atomic E-state index is 12.9. The zero-order valence-corrected chi connectivity index (χ0v) is 17.8. The molecule has 29 heavy (non-hydrogen) atoms. The van der Waals surface area contributed by atoms with Gasteiger partial charge in [0, 0.05) is 13.1 Å². The lowest BCUT2D eigenvalue weighted by Crippen LogP contribution is -2.50. The van der Waals surface area contributed by atoms with Crippen molar-refractivity contribution < 1.29 is 28.9 Å². The minimum atomic E-state index is -1.07. The third-order valence-electron chi connectivity index (χ3n) is 4.26. The molecule has 0 bridgehead atoms. The van der Waals surface area contributed by atoms with Crippen LogP contribution in [-0.4, -0.2) is 70.3 Å². The van der Waals surface area contributed by atoms with Crippen molar-refractivity contribution in [1.29, 1.82) is 0 Å². The van der Waals surface area contributed by atoms with Crippen molar-refractivity contribution >= 4 is 46.3 Å². The SMILES string of the molecule is CCOc1cc(/C=C2/SC(=S)N(N3CCOCC3)C2=O)ccc1OC(C)C(=O)O. The molecule has 156 valence electrons. The fourth-order valence-corrected chi connectivity index (χ4v) is 4.14. The summed E-state index contributed by atoms with van der Waals surface area (Å²) in [6.07, 6.45) is 0.733. The molecule has 0 spiro atoms. The summed E-state index contributed by atoms with van der Waals surface area (Å²) in [6, 6.07) is 5.10. The molecule has 1 amide bonds. The number of nitrogens with zero attached hydrogens (tertiary/aromatic N) is 2. The molecule has 8 nitrogen and oxygen atoms in total. The average molecular weight is 439 g/mol. The number of ether oxygens (including phenoxy) is 3. The first-order valence-corrected chi connectivity index (χ1v) is 10.4. The van der Waals surface area contributed by atoms with E-state index in [2.05, 4.69) is 0 Å². The van der Waals surface area contributed by atoms with Gasteiger partial charge in [0.1, 0.15) is 0 Å². The predicted molar refractivity (Wildman–Crippen MR) is 113 cm³/mol. The van der Waals surface area contributed by atoms with E-state index in [1.165, 1.54) is 23.7 Å². The number of hydrogen-bond donors (Lipinski definition) is 1. The monoisotopic (exact) mass is 438 g/mol. The van der Waals surface area contributed by atoms with Gasteiger partial charge in [-0.15, -0.1) is 0 Å². The third kappa shape index (κ3) is 5.08. The van der Waals surface area contributed by atoms with Gasteiger partial charge in [-0.25, -0.2) is 14.8 Å². The molecule has 0 saturated carbocycles. The number of benzene rings is 1. The summed E-state index contributed by atoms with van der Waals surface area (Å²) in [5.74, 6) is -0.485. The van der Waals surface area contributed by atoms with Crippen LogP contribution in [0, 0.1) is 0 Å². The van der Waals surface area contributed by atoms with Crippen molar-refractivity contribution in [3.8, 4) is 11.5 Å². The minimum Gasteiger partial charge on any atom is -0.490 e. The zero-order valence-electron chi connectivity index (χ0n) is 16.1. The number of hydrazine groups is 1. The Labute approximate surface area is 178 Å². The number of thiocarbonyl (C=S) groups is 1. The normalized spacial score (nSPS) is 20.2. The summed E-state index contributed by atoms with van der Waals surface area (Å²) in [6.45, 7) is 6.01. The Morgan fingerprint density at radius 3 is 2.76 bits per heavy atom. The Hall–Kier alpha value is -2.14. The molecule has 3 rings (SSSR count). The molecular weight excluding hydrogens is 416 g/mol. The van der Waals surface area contributed by atoms with Gasteiger partial charge < -0.3 is 19.3 Å². The molecule has 1 N–H and O–H groups in total. The number of rotatable bonds is 7. The van der Waals surface area contributed by atoms with E-state index in [0.29, 0.717) is 53.6 Å². The standard InChI is InChI=1S/C19H22N2O6S2/c1-3-26-15-10-13(4-5-14(15)27-12(2)18(23)24)11-16-17(22)21(19(28)29-16)20-6-8-25-9-7-20/h4-5,10-12H,3,6-9H2,1-2H3,(H,23,24)/b16-11+. The van der Waals surface area contributed by atoms with Gasteiger partial charge in [-0.1, -0.05) is 30.0 Å². The highest BCUT2D eigenvalue weighted by molar-refractivity contribution is 8.26. The Balaban J connectivity index is 1.82. The quantitative estimate of drug-likeness (QED) is 0.509. The lowest BCUT2D eigenvalue weighted by Gasteiger charge is -2.33. The van der Waals surface area contributed by atoms with Crippen LogP contribution in [0.1, 0.15) is 19.4 Å². The first kappa shape index (κ1) is 21.6. The van der Waals surface area contributed by atoms with Gasteiger partial charge in [0.2, 0.25) is 0 Å². The number of amides is 1. The largest absolute Gasteiger partial charge is 0.490 e. The minimum absolute atomic E-state index is 0.167. The number of carbonyl (C=O) groups excluding carboxylic acids is 1. The molecule has 2 aliphatic rings. The Kier molecular flexibility index (Phi) is 7.12. The van der Waals surface area contributed by atoms with Crippen LogP contribution in [0.4, 0.5) is 0 Å². The fraction of sp³-hybridized carbons (Fsp3) is 0.421. The van der Waals surface area contributed by atoms with E-state index < -0.39 is 12.1 Å². The van der Waals surface area contributed by atoms with Gasteiger partial charge in [-0.05, 0) is 37.6 Å². The van der Waals surface area contributed by atoms with Crippen molar-refractivity contribution in [2.75, 3.05) is 32.9 Å². The fourth-order valence-electron chi connectivity index (χ4n) is 2.83. The molecule has 0 radical (unpaired) electrons. The second-order valence-corrected chi connectivity index (χ2v) is 7.97. The Morgan fingerprint density at radius 1 is 1.38 bits per heavy atom. The average Bonchev–Trinajstić information content (AvgIpc) is 2.97. The molecule has 2 heterocycles. The number of aliphatic carboxylic acids is 1. The molecular formula is C19H22N2O6S2. The molecule has 1 unspecified atom stereocenters. The second-order valence-electron chi connectivity index (χ2n) is 6.30. The van der Waals surface area contributed by atoms with E-state index in [0.717, 1.165) is 5.56 Å². The van der Waals surface area contributed by atoms with Crippen LogP contribution in [-0.2, 0) is 14.3 Å². The Morgan fingerprint density at radius 2 is 2.10 bits per heavy atom. The second kappa shape index (κ2) is 9.57. The molecule has 2 aliphatic heterocycles. The highest BCUT2D eigenvalue weighted by Crippen LogP contribution is 2.36. The van der Waals surface area contributed by atoms with Crippen LogP contribution >= 0.6 is 24.0 Å². The number of morpholine rings is 1. The van der Waals surface area contributed by atoms with Gasteiger partial charge in [0.25, 0.3) is 5.91 Å². The van der Waals surface area contributed by atoms with Crippen LogP contribution in [0.5, 0.6) is 11.5 Å². The van der Waals surface area contributed by atoms with Gasteiger partial charge in [0.05, 0.1) is 24.7 Å². The van der Waals surface area contributed by atoms with Crippen molar-refractivity contribution in [3.05, 3.63) is 28.7 Å². The van der Waals surface area contributed by atoms with Gasteiger partial charge in [0.15, 0.2) is 21.9 Å². The van der Waals surface area contributed by atoms with E-state index in [-0.39, 0.29) is 5.91 Å². The van der Waals surface area contributed by atoms with E-state index in [9.17, 15) is 9.59 Å². The maximum Gasteiger partial charge on any atom is 0.344 e. The van der Waals surface area contributed by atoms with Crippen LogP contribution in [0.25, 0.3) is 6.08 Å². The van der Waals surface area contributed by atoms with Crippen LogP contribution in [0.3, 0.4) is 0 Å². The molecule has 1 aromatic carbocycles. The highest BCUT2D eigenvalue weighted by Gasteiger charge is 2.37. The number of carboxylic acids is 1. The van der Waals surface area contributed by atoms with Crippen molar-refractivity contribution in [2.45, 2.75) is 20.0 Å². The van der Waals surface area contributed by atoms with Crippen LogP contribution in [0.2, 0.25) is 0 Å². The molecule has 1 aromatic rings. The van der Waals surface area contributed by atoms with Crippen LogP contribution in [0.15, 0.2) is 23.1 Å². The summed E-state index contributed by atoms with van der Waals surface area (Å²) < 4.78 is 16.9. The lowest BCUT2D eigenvalue weighted by atomic mass is 10.2. The molecule has 0 aromatic heterocycles. The van der Waals surface area contributed by atoms with Crippen molar-refractivity contribution in [1.82, 2.24) is 10.0 Å². The molecule has 2 saturated heterocycles. The van der Waals surface area contributed by atoms with E-state index in [1.807, 2.05) is 11.9 Å². The van der Waals surface area contributed by atoms with Crippen molar-refractivity contribution in [2.24, 2.45) is 0 Å². The number of hydrogen-bond acceptors (Lipinski definition) is 8. The number of carboxylic acid groups (broad SMARTS) is 1. The van der Waals surface area contributed by atoms with Crippen LogP contribution < -0.4 is 9.47 Å². The molecule has 2 fully saturated rings. The topological polar surface area (TPSA) is 88.5 Å². The number of carbonyl (C=O) groups is 2. The van der Waals surface area contributed by atoms with E-state index in [4.69, 9.17) is 31.5 Å². The first-order valence-electron chi connectivity index (χ1n) is 9.17. The van der Waals surface area contributed by atoms with E-state index >= 15 is 0 Å². The first-order chi connectivity index (χ1) is 13.9. The molecule has 0 aliphatic carbocycles. The van der Waals surface area contributed by atoms with E-state index in [1.54, 1.807) is 24.3 Å². The summed E-state index contributed by atoms with van der Waals surface area (Å²) in [4.78, 5) is 24.4. The van der Waals surface area contributed by atoms with Gasteiger partial charge in [-0.2, -0.15) is 0 Å². The highest BCUT2D eigenvalue weighted by atomic mass is 32.2.